The lowest BCUT2D eigenvalue weighted by atomic mass is 9.98. The van der Waals surface area contributed by atoms with Crippen molar-refractivity contribution < 1.29 is 4.43 Å². The lowest BCUT2D eigenvalue weighted by Crippen LogP contribution is -2.41. The van der Waals surface area contributed by atoms with E-state index in [4.69, 9.17) is 16.0 Å². The van der Waals surface area contributed by atoms with Crippen LogP contribution < -0.4 is 0 Å². The van der Waals surface area contributed by atoms with E-state index in [9.17, 15) is 5.26 Å². The van der Waals surface area contributed by atoms with Gasteiger partial charge in [0.25, 0.3) is 0 Å². The van der Waals surface area contributed by atoms with E-state index in [1.165, 1.54) is 0 Å². The van der Waals surface area contributed by atoms with Crippen molar-refractivity contribution in [2.24, 2.45) is 0 Å². The number of halogens is 1. The average molecular weight is 254 g/mol. The maximum atomic E-state index is 9.36. The third-order valence-electron chi connectivity index (χ3n) is 2.09. The van der Waals surface area contributed by atoms with Crippen molar-refractivity contribution in [3.8, 4) is 6.07 Å². The van der Waals surface area contributed by atoms with E-state index in [0.29, 0.717) is 0 Å². The maximum Gasteiger partial charge on any atom is 0.186 e. The van der Waals surface area contributed by atoms with E-state index in [1.807, 2.05) is 30.3 Å². The highest BCUT2D eigenvalue weighted by molar-refractivity contribution is 6.69. The first kappa shape index (κ1) is 13.2. The Morgan fingerprint density at radius 1 is 1.31 bits per heavy atom. The Labute approximate surface area is 103 Å². The molecule has 86 valence electrons. The van der Waals surface area contributed by atoms with Crippen molar-refractivity contribution in [3.05, 3.63) is 35.9 Å². The minimum Gasteiger partial charge on any atom is -0.396 e. The predicted molar refractivity (Wildman–Crippen MR) is 68.9 cm³/mol. The van der Waals surface area contributed by atoms with E-state index in [0.717, 1.165) is 5.56 Å². The normalized spacial score (nSPS) is 15.2. The van der Waals surface area contributed by atoms with Gasteiger partial charge in [0, 0.05) is 0 Å². The third-order valence-corrected chi connectivity index (χ3v) is 3.43. The molecule has 0 aromatic heterocycles. The summed E-state index contributed by atoms with van der Waals surface area (Å²) >= 11 is 5.94. The van der Waals surface area contributed by atoms with E-state index in [-0.39, 0.29) is 5.88 Å². The predicted octanol–water partition coefficient (Wildman–Crippen LogP) is 3.50. The highest BCUT2D eigenvalue weighted by Crippen LogP contribution is 2.30. The Balaban J connectivity index is 3.13. The minimum atomic E-state index is -1.82. The molecule has 0 amide bonds. The monoisotopic (exact) mass is 253 g/mol. The van der Waals surface area contributed by atoms with Crippen LogP contribution in [0.5, 0.6) is 0 Å². The van der Waals surface area contributed by atoms with Crippen molar-refractivity contribution in [3.63, 3.8) is 0 Å². The van der Waals surface area contributed by atoms with Crippen LogP contribution in [0.15, 0.2) is 30.3 Å². The quantitative estimate of drug-likeness (QED) is 0.608. The van der Waals surface area contributed by atoms with Crippen LogP contribution in [0.1, 0.15) is 5.56 Å². The Kier molecular flexibility index (Phi) is 4.14. The molecule has 0 radical (unpaired) electrons. The van der Waals surface area contributed by atoms with Crippen LogP contribution in [0.3, 0.4) is 0 Å². The van der Waals surface area contributed by atoms with Crippen LogP contribution in [0, 0.1) is 11.3 Å². The molecule has 0 heterocycles. The molecule has 1 aromatic carbocycles. The van der Waals surface area contributed by atoms with Gasteiger partial charge in [0.05, 0.1) is 5.88 Å². The molecule has 1 aromatic rings. The fourth-order valence-electron chi connectivity index (χ4n) is 1.51. The number of hydrogen-bond donors (Lipinski definition) is 0. The van der Waals surface area contributed by atoms with E-state index in [2.05, 4.69) is 25.7 Å². The highest BCUT2D eigenvalue weighted by Gasteiger charge is 2.37. The first-order chi connectivity index (χ1) is 7.43. The Morgan fingerprint density at radius 3 is 2.25 bits per heavy atom. The summed E-state index contributed by atoms with van der Waals surface area (Å²) < 4.78 is 5.96. The van der Waals surface area contributed by atoms with Gasteiger partial charge in [0.15, 0.2) is 13.9 Å². The molecule has 0 saturated heterocycles. The summed E-state index contributed by atoms with van der Waals surface area (Å²) in [6.45, 7) is 6.15. The topological polar surface area (TPSA) is 33.0 Å². The molecule has 2 nitrogen and oxygen atoms in total. The molecule has 0 N–H and O–H groups in total. The SMILES string of the molecule is C[Si](C)(C)O[C@](C#N)(CCl)c1ccccc1. The standard InChI is InChI=1S/C12H16ClNOSi/c1-16(2,3)15-12(9-13,10-14)11-7-5-4-6-8-11/h4-8H,9H2,1-3H3/t12-/m0/s1. The van der Waals surface area contributed by atoms with Gasteiger partial charge in [-0.1, -0.05) is 30.3 Å². The fourth-order valence-corrected chi connectivity index (χ4v) is 3.15. The zero-order chi connectivity index (χ0) is 12.2. The van der Waals surface area contributed by atoms with Crippen LogP contribution in [-0.4, -0.2) is 14.2 Å². The van der Waals surface area contributed by atoms with Gasteiger partial charge in [-0.2, -0.15) is 5.26 Å². The summed E-state index contributed by atoms with van der Waals surface area (Å²) in [5, 5.41) is 9.36. The molecule has 0 unspecified atom stereocenters. The van der Waals surface area contributed by atoms with Gasteiger partial charge in [0.1, 0.15) is 6.07 Å². The Hall–Kier alpha value is -0.823. The summed E-state index contributed by atoms with van der Waals surface area (Å²) in [4.78, 5) is 0. The summed E-state index contributed by atoms with van der Waals surface area (Å²) in [7, 11) is -1.82. The van der Waals surface area contributed by atoms with E-state index < -0.39 is 13.9 Å². The molecular weight excluding hydrogens is 238 g/mol. The van der Waals surface area contributed by atoms with Gasteiger partial charge in [-0.25, -0.2) is 0 Å². The van der Waals surface area contributed by atoms with E-state index >= 15 is 0 Å². The molecule has 4 heteroatoms. The Morgan fingerprint density at radius 2 is 1.88 bits per heavy atom. The molecule has 0 bridgehead atoms. The number of nitriles is 1. The lowest BCUT2D eigenvalue weighted by molar-refractivity contribution is 0.144. The Bertz CT molecular complexity index is 382. The van der Waals surface area contributed by atoms with Gasteiger partial charge >= 0.3 is 0 Å². The van der Waals surface area contributed by atoms with Crippen molar-refractivity contribution >= 4 is 19.9 Å². The molecule has 0 fully saturated rings. The molecule has 16 heavy (non-hydrogen) atoms. The average Bonchev–Trinajstić information content (AvgIpc) is 2.26. The molecule has 0 aliphatic carbocycles. The number of nitrogens with zero attached hydrogens (tertiary/aromatic N) is 1. The molecule has 0 saturated carbocycles. The largest absolute Gasteiger partial charge is 0.396 e. The van der Waals surface area contributed by atoms with Gasteiger partial charge in [0.2, 0.25) is 0 Å². The number of rotatable bonds is 4. The molecule has 1 atom stereocenters. The second-order valence-corrected chi connectivity index (χ2v) is 9.35. The van der Waals surface area contributed by atoms with Gasteiger partial charge < -0.3 is 4.43 Å². The zero-order valence-corrected chi connectivity index (χ0v) is 11.6. The van der Waals surface area contributed by atoms with Crippen molar-refractivity contribution in [1.29, 1.82) is 5.26 Å². The summed E-state index contributed by atoms with van der Waals surface area (Å²) in [5.74, 6) is 0.151. The summed E-state index contributed by atoms with van der Waals surface area (Å²) in [6, 6.07) is 11.7. The van der Waals surface area contributed by atoms with Crippen molar-refractivity contribution in [2.75, 3.05) is 5.88 Å². The smallest absolute Gasteiger partial charge is 0.186 e. The van der Waals surface area contributed by atoms with E-state index in [1.54, 1.807) is 0 Å². The van der Waals surface area contributed by atoms with Crippen molar-refractivity contribution in [1.82, 2.24) is 0 Å². The summed E-state index contributed by atoms with van der Waals surface area (Å²) in [5.41, 5.74) is -0.178. The first-order valence-corrected chi connectivity index (χ1v) is 9.11. The molecule has 0 aliphatic heterocycles. The van der Waals surface area contributed by atoms with Crippen LogP contribution in [0.2, 0.25) is 19.6 Å². The minimum absolute atomic E-state index is 0.151. The molecular formula is C12H16ClNOSi. The highest BCUT2D eigenvalue weighted by atomic mass is 35.5. The molecule has 0 aliphatic rings. The van der Waals surface area contributed by atoms with Crippen LogP contribution in [0.25, 0.3) is 0 Å². The molecule has 1 rings (SSSR count). The second-order valence-electron chi connectivity index (χ2n) is 4.65. The summed E-state index contributed by atoms with van der Waals surface area (Å²) in [6.07, 6.45) is 0. The van der Waals surface area contributed by atoms with Gasteiger partial charge in [-0.3, -0.25) is 0 Å². The molecule has 0 spiro atoms. The first-order valence-electron chi connectivity index (χ1n) is 5.16. The number of hydrogen-bond acceptors (Lipinski definition) is 2. The van der Waals surface area contributed by atoms with Crippen LogP contribution in [0.4, 0.5) is 0 Å². The third kappa shape index (κ3) is 3.08. The number of alkyl halides is 1. The van der Waals surface area contributed by atoms with Crippen LogP contribution in [-0.2, 0) is 10.0 Å². The maximum absolute atomic E-state index is 9.36. The number of benzene rings is 1. The fraction of sp³-hybridized carbons (Fsp3) is 0.417. The zero-order valence-electron chi connectivity index (χ0n) is 9.83. The second kappa shape index (κ2) is 5.01. The van der Waals surface area contributed by atoms with Crippen molar-refractivity contribution in [2.45, 2.75) is 25.2 Å². The lowest BCUT2D eigenvalue weighted by Gasteiger charge is -2.32. The van der Waals surface area contributed by atoms with Gasteiger partial charge in [-0.05, 0) is 25.2 Å². The van der Waals surface area contributed by atoms with Crippen LogP contribution >= 0.6 is 11.6 Å². The van der Waals surface area contributed by atoms with Gasteiger partial charge in [-0.15, -0.1) is 11.6 Å².